The molecule has 0 saturated heterocycles. The van der Waals surface area contributed by atoms with E-state index >= 15 is 0 Å². The van der Waals surface area contributed by atoms with E-state index in [0.29, 0.717) is 5.56 Å². The van der Waals surface area contributed by atoms with Gasteiger partial charge >= 0.3 is 5.97 Å². The molecular formula is C11H12N2O3. The lowest BCUT2D eigenvalue weighted by Gasteiger charge is -2.05. The van der Waals surface area contributed by atoms with Crippen molar-refractivity contribution in [2.75, 3.05) is 7.11 Å². The number of carbonyl (C=O) groups excluding carboxylic acids is 2. The smallest absolute Gasteiger partial charge is 0.354 e. The van der Waals surface area contributed by atoms with Crippen LogP contribution in [0.15, 0.2) is 30.2 Å². The second-order valence-corrected chi connectivity index (χ2v) is 3.02. The fraction of sp³-hybridized carbons (Fsp3) is 0.182. The maximum Gasteiger partial charge on any atom is 0.354 e. The van der Waals surface area contributed by atoms with E-state index < -0.39 is 5.97 Å². The third-order valence-corrected chi connectivity index (χ3v) is 1.71. The molecule has 0 unspecified atom stereocenters. The average molecular weight is 220 g/mol. The topological polar surface area (TPSA) is 68.3 Å². The van der Waals surface area contributed by atoms with Crippen LogP contribution in [0.1, 0.15) is 12.5 Å². The van der Waals surface area contributed by atoms with Gasteiger partial charge in [0, 0.05) is 19.3 Å². The van der Waals surface area contributed by atoms with Crippen molar-refractivity contribution in [3.8, 4) is 0 Å². The van der Waals surface area contributed by atoms with Crippen molar-refractivity contribution in [2.45, 2.75) is 6.92 Å². The van der Waals surface area contributed by atoms with E-state index in [4.69, 9.17) is 0 Å². The van der Waals surface area contributed by atoms with Gasteiger partial charge in [0.05, 0.1) is 7.11 Å². The number of nitrogens with one attached hydrogen (secondary N) is 1. The largest absolute Gasteiger partial charge is 0.464 e. The van der Waals surface area contributed by atoms with Crippen molar-refractivity contribution < 1.29 is 14.3 Å². The first kappa shape index (κ1) is 11.9. The molecule has 84 valence electrons. The highest BCUT2D eigenvalue weighted by Gasteiger charge is 2.10. The summed E-state index contributed by atoms with van der Waals surface area (Å²) in [5.74, 6) is -0.931. The van der Waals surface area contributed by atoms with Gasteiger partial charge in [-0.15, -0.1) is 0 Å². The molecule has 1 amide bonds. The van der Waals surface area contributed by atoms with Crippen LogP contribution in [-0.2, 0) is 14.3 Å². The third kappa shape index (κ3) is 3.53. The number of amides is 1. The Morgan fingerprint density at radius 3 is 2.75 bits per heavy atom. The van der Waals surface area contributed by atoms with Crippen molar-refractivity contribution in [3.63, 3.8) is 0 Å². The molecule has 1 heterocycles. The molecule has 0 fully saturated rings. The summed E-state index contributed by atoms with van der Waals surface area (Å²) in [6.07, 6.45) is 4.69. The van der Waals surface area contributed by atoms with E-state index in [9.17, 15) is 9.59 Å². The molecule has 0 aromatic carbocycles. The number of ether oxygens (including phenoxy) is 1. The van der Waals surface area contributed by atoms with Gasteiger partial charge in [0.1, 0.15) is 5.70 Å². The minimum Gasteiger partial charge on any atom is -0.464 e. The molecule has 1 rings (SSSR count). The number of aromatic nitrogens is 1. The van der Waals surface area contributed by atoms with Crippen molar-refractivity contribution in [3.05, 3.63) is 35.8 Å². The van der Waals surface area contributed by atoms with Crippen LogP contribution in [0.5, 0.6) is 0 Å². The summed E-state index contributed by atoms with van der Waals surface area (Å²) in [6.45, 7) is 1.32. The number of nitrogens with zero attached hydrogens (tertiary/aromatic N) is 1. The molecule has 0 aliphatic heterocycles. The molecule has 1 N–H and O–H groups in total. The highest BCUT2D eigenvalue weighted by Crippen LogP contribution is 2.04. The van der Waals surface area contributed by atoms with E-state index in [2.05, 4.69) is 15.0 Å². The molecule has 0 bridgehead atoms. The molecule has 0 atom stereocenters. The van der Waals surface area contributed by atoms with Crippen LogP contribution >= 0.6 is 0 Å². The fourth-order valence-corrected chi connectivity index (χ4v) is 1.07. The second-order valence-electron chi connectivity index (χ2n) is 3.02. The van der Waals surface area contributed by atoms with E-state index in [0.717, 1.165) is 0 Å². The quantitative estimate of drug-likeness (QED) is 0.602. The summed E-state index contributed by atoms with van der Waals surface area (Å²) < 4.78 is 4.54. The Balaban J connectivity index is 2.96. The summed E-state index contributed by atoms with van der Waals surface area (Å²) in [6, 6.07) is 3.49. The van der Waals surface area contributed by atoms with E-state index in [-0.39, 0.29) is 11.6 Å². The summed E-state index contributed by atoms with van der Waals surface area (Å²) in [7, 11) is 1.25. The van der Waals surface area contributed by atoms with Gasteiger partial charge in [0.15, 0.2) is 0 Å². The Hall–Kier alpha value is -2.17. The first-order valence-electron chi connectivity index (χ1n) is 4.61. The zero-order valence-electron chi connectivity index (χ0n) is 9.06. The van der Waals surface area contributed by atoms with Crippen LogP contribution in [-0.4, -0.2) is 24.0 Å². The van der Waals surface area contributed by atoms with Gasteiger partial charge in [-0.25, -0.2) is 4.79 Å². The molecule has 1 aromatic heterocycles. The number of methoxy groups -OCH3 is 1. The lowest BCUT2D eigenvalue weighted by Crippen LogP contribution is -2.25. The van der Waals surface area contributed by atoms with Crippen molar-refractivity contribution in [2.24, 2.45) is 0 Å². The summed E-state index contributed by atoms with van der Waals surface area (Å²) in [5.41, 5.74) is 0.791. The van der Waals surface area contributed by atoms with Crippen LogP contribution in [0.3, 0.4) is 0 Å². The first-order valence-corrected chi connectivity index (χ1v) is 4.61. The number of hydrogen-bond donors (Lipinski definition) is 1. The Kier molecular flexibility index (Phi) is 4.20. The number of esters is 1. The van der Waals surface area contributed by atoms with Crippen molar-refractivity contribution in [1.29, 1.82) is 0 Å². The predicted molar refractivity (Wildman–Crippen MR) is 58.0 cm³/mol. The predicted octanol–water partition coefficient (Wildman–Crippen LogP) is 0.732. The maximum absolute atomic E-state index is 11.3. The molecule has 1 aromatic rings. The third-order valence-electron chi connectivity index (χ3n) is 1.71. The molecular weight excluding hydrogens is 208 g/mol. The van der Waals surface area contributed by atoms with Crippen molar-refractivity contribution >= 4 is 18.0 Å². The Morgan fingerprint density at radius 2 is 2.25 bits per heavy atom. The van der Waals surface area contributed by atoms with Crippen LogP contribution in [0.2, 0.25) is 0 Å². The van der Waals surface area contributed by atoms with Gasteiger partial charge in [-0.05, 0) is 17.7 Å². The van der Waals surface area contributed by atoms with E-state index in [1.54, 1.807) is 24.5 Å². The molecule has 0 aliphatic carbocycles. The number of pyridine rings is 1. The van der Waals surface area contributed by atoms with Gasteiger partial charge < -0.3 is 10.1 Å². The molecule has 0 saturated carbocycles. The van der Waals surface area contributed by atoms with Crippen LogP contribution in [0.25, 0.3) is 6.08 Å². The molecule has 5 nitrogen and oxygen atoms in total. The van der Waals surface area contributed by atoms with Gasteiger partial charge in [0.2, 0.25) is 5.91 Å². The van der Waals surface area contributed by atoms with Crippen molar-refractivity contribution in [1.82, 2.24) is 10.3 Å². The summed E-state index contributed by atoms with van der Waals surface area (Å²) in [5, 5.41) is 2.40. The molecule has 5 heteroatoms. The first-order chi connectivity index (χ1) is 7.63. The maximum atomic E-state index is 11.3. The SMILES string of the molecule is COC(=O)/C(=C/c1cccnc1)NC(C)=O. The number of carbonyl (C=O) groups is 2. The molecule has 0 aliphatic rings. The Labute approximate surface area is 93.1 Å². The standard InChI is InChI=1S/C11H12N2O3/c1-8(14)13-10(11(15)16-2)6-9-4-3-5-12-7-9/h3-7H,1-2H3,(H,13,14)/b10-6-. The van der Waals surface area contributed by atoms with Gasteiger partial charge in [-0.1, -0.05) is 6.07 Å². The zero-order valence-corrected chi connectivity index (χ0v) is 9.06. The number of rotatable bonds is 3. The fourth-order valence-electron chi connectivity index (χ4n) is 1.07. The minimum atomic E-state index is -0.598. The Bertz CT molecular complexity index is 412. The summed E-state index contributed by atoms with van der Waals surface area (Å²) >= 11 is 0. The highest BCUT2D eigenvalue weighted by molar-refractivity contribution is 5.97. The Morgan fingerprint density at radius 1 is 1.50 bits per heavy atom. The van der Waals surface area contributed by atoms with Crippen LogP contribution < -0.4 is 5.32 Å². The summed E-state index contributed by atoms with van der Waals surface area (Å²) in [4.78, 5) is 26.1. The van der Waals surface area contributed by atoms with Crippen LogP contribution in [0, 0.1) is 0 Å². The van der Waals surface area contributed by atoms with Gasteiger partial charge in [0.25, 0.3) is 0 Å². The minimum absolute atomic E-state index is 0.0861. The van der Waals surface area contributed by atoms with Gasteiger partial charge in [-0.2, -0.15) is 0 Å². The van der Waals surface area contributed by atoms with Gasteiger partial charge in [-0.3, -0.25) is 9.78 Å². The molecule has 0 radical (unpaired) electrons. The average Bonchev–Trinajstić information content (AvgIpc) is 2.28. The zero-order chi connectivity index (χ0) is 12.0. The second kappa shape index (κ2) is 5.65. The number of hydrogen-bond acceptors (Lipinski definition) is 4. The van der Waals surface area contributed by atoms with Crippen LogP contribution in [0.4, 0.5) is 0 Å². The monoisotopic (exact) mass is 220 g/mol. The van der Waals surface area contributed by atoms with E-state index in [1.807, 2.05) is 0 Å². The van der Waals surface area contributed by atoms with E-state index in [1.165, 1.54) is 20.1 Å². The normalized spacial score (nSPS) is 10.8. The molecule has 16 heavy (non-hydrogen) atoms. The molecule has 0 spiro atoms. The lowest BCUT2D eigenvalue weighted by molar-refractivity contribution is -0.137. The highest BCUT2D eigenvalue weighted by atomic mass is 16.5. The lowest BCUT2D eigenvalue weighted by atomic mass is 10.2.